The van der Waals surface area contributed by atoms with Crippen LogP contribution in [0, 0.1) is 0 Å². The Hall–Kier alpha value is -3.54. The lowest BCUT2D eigenvalue weighted by molar-refractivity contribution is 0.0600. The smallest absolute Gasteiger partial charge is 0.337 e. The Labute approximate surface area is 150 Å². The molecule has 3 N–H and O–H groups in total. The third-order valence-electron chi connectivity index (χ3n) is 3.77. The number of aromatic nitrogens is 2. The van der Waals surface area contributed by atoms with Gasteiger partial charge >= 0.3 is 11.9 Å². The van der Waals surface area contributed by atoms with Crippen LogP contribution in [0.25, 0.3) is 21.8 Å². The Kier molecular flexibility index (Phi) is 5.80. The van der Waals surface area contributed by atoms with Crippen LogP contribution >= 0.6 is 0 Å². The van der Waals surface area contributed by atoms with Crippen molar-refractivity contribution < 1.29 is 19.4 Å². The number of esters is 1. The Balaban J connectivity index is 0.000000180. The number of aromatic amines is 2. The monoisotopic (exact) mass is 352 g/mol. The highest BCUT2D eigenvalue weighted by Crippen LogP contribution is 2.15. The van der Waals surface area contributed by atoms with Gasteiger partial charge in [-0.2, -0.15) is 0 Å². The first-order valence-electron chi connectivity index (χ1n) is 7.54. The van der Waals surface area contributed by atoms with Crippen LogP contribution in [0.15, 0.2) is 60.9 Å². The van der Waals surface area contributed by atoms with Crippen molar-refractivity contribution in [2.24, 2.45) is 0 Å². The zero-order valence-electron chi connectivity index (χ0n) is 13.4. The van der Waals surface area contributed by atoms with Crippen molar-refractivity contribution in [2.45, 2.75) is 7.43 Å². The van der Waals surface area contributed by atoms with Crippen LogP contribution in [0.4, 0.5) is 0 Å². The van der Waals surface area contributed by atoms with E-state index in [0.717, 1.165) is 21.8 Å². The van der Waals surface area contributed by atoms with Crippen LogP contribution in [0.2, 0.25) is 0 Å². The van der Waals surface area contributed by atoms with Crippen molar-refractivity contribution in [1.29, 1.82) is 0 Å². The fraction of sp³-hybridized carbons (Fsp3) is 0.100. The van der Waals surface area contributed by atoms with Crippen LogP contribution in [-0.4, -0.2) is 34.1 Å². The van der Waals surface area contributed by atoms with Crippen LogP contribution < -0.4 is 0 Å². The van der Waals surface area contributed by atoms with Gasteiger partial charge in [0.25, 0.3) is 0 Å². The summed E-state index contributed by atoms with van der Waals surface area (Å²) in [6, 6.07) is 14.2. The maximum atomic E-state index is 11.1. The van der Waals surface area contributed by atoms with Crippen molar-refractivity contribution in [1.82, 2.24) is 9.97 Å². The van der Waals surface area contributed by atoms with Gasteiger partial charge in [0, 0.05) is 34.2 Å². The van der Waals surface area contributed by atoms with Crippen molar-refractivity contribution in [3.8, 4) is 0 Å². The van der Waals surface area contributed by atoms with E-state index in [1.807, 2.05) is 24.4 Å². The predicted octanol–water partition coefficient (Wildman–Crippen LogP) is 4.46. The summed E-state index contributed by atoms with van der Waals surface area (Å²) in [4.78, 5) is 27.7. The number of ether oxygens (including phenoxy) is 1. The SMILES string of the molecule is C.COC(=O)c1ccc2[nH]ccc2c1.O=C(O)c1ccc2[nH]ccc2c1. The minimum absolute atomic E-state index is 0. The Bertz CT molecular complexity index is 1050. The zero-order chi connectivity index (χ0) is 17.8. The van der Waals surface area contributed by atoms with E-state index in [-0.39, 0.29) is 13.4 Å². The van der Waals surface area contributed by atoms with E-state index in [1.54, 1.807) is 36.5 Å². The standard InChI is InChI=1S/C10H9NO2.C9H7NO2.CH4/c1-13-10(12)8-2-3-9-7(6-8)4-5-11-9;11-9(12)7-1-2-8-6(5-7)3-4-10-8;/h2-6,11H,1H3;1-5,10H,(H,11,12);1H4. The zero-order valence-corrected chi connectivity index (χ0v) is 13.4. The number of methoxy groups -OCH3 is 1. The molecule has 2 aromatic carbocycles. The number of rotatable bonds is 2. The average Bonchev–Trinajstić information content (AvgIpc) is 3.28. The highest BCUT2D eigenvalue weighted by atomic mass is 16.5. The number of carboxylic acids is 1. The molecule has 4 aromatic rings. The van der Waals surface area contributed by atoms with E-state index in [0.29, 0.717) is 11.1 Å². The number of fused-ring (bicyclic) bond motifs is 2. The number of carboxylic acid groups (broad SMARTS) is 1. The summed E-state index contributed by atoms with van der Waals surface area (Å²) in [6.07, 6.45) is 3.63. The number of nitrogens with one attached hydrogen (secondary N) is 2. The molecule has 0 atom stereocenters. The van der Waals surface area contributed by atoms with Gasteiger partial charge in [0.2, 0.25) is 0 Å². The van der Waals surface area contributed by atoms with Gasteiger partial charge in [0.05, 0.1) is 18.2 Å². The first-order valence-corrected chi connectivity index (χ1v) is 7.54. The third kappa shape index (κ3) is 3.92. The summed E-state index contributed by atoms with van der Waals surface area (Å²) in [5.74, 6) is -1.19. The summed E-state index contributed by atoms with van der Waals surface area (Å²) in [6.45, 7) is 0. The van der Waals surface area contributed by atoms with E-state index in [9.17, 15) is 9.59 Å². The van der Waals surface area contributed by atoms with Gasteiger partial charge in [-0.3, -0.25) is 0 Å². The predicted molar refractivity (Wildman–Crippen MR) is 102 cm³/mol. The van der Waals surface area contributed by atoms with Gasteiger partial charge in [0.1, 0.15) is 0 Å². The first-order chi connectivity index (χ1) is 12.1. The molecule has 0 radical (unpaired) electrons. The third-order valence-corrected chi connectivity index (χ3v) is 3.77. The molecule has 26 heavy (non-hydrogen) atoms. The molecule has 134 valence electrons. The number of H-pyrrole nitrogens is 2. The van der Waals surface area contributed by atoms with E-state index in [2.05, 4.69) is 14.7 Å². The fourth-order valence-corrected chi connectivity index (χ4v) is 2.48. The number of carbonyl (C=O) groups is 2. The number of carbonyl (C=O) groups excluding carboxylic acids is 1. The molecule has 2 heterocycles. The summed E-state index contributed by atoms with van der Waals surface area (Å²) in [5.41, 5.74) is 2.88. The summed E-state index contributed by atoms with van der Waals surface area (Å²) >= 11 is 0. The molecule has 0 aliphatic heterocycles. The van der Waals surface area contributed by atoms with Gasteiger partial charge in [-0.15, -0.1) is 0 Å². The van der Waals surface area contributed by atoms with E-state index in [1.165, 1.54) is 7.11 Å². The summed E-state index contributed by atoms with van der Waals surface area (Å²) in [7, 11) is 1.38. The van der Waals surface area contributed by atoms with Crippen molar-refractivity contribution >= 4 is 33.7 Å². The Morgan fingerprint density at radius 2 is 1.35 bits per heavy atom. The minimum atomic E-state index is -0.891. The van der Waals surface area contributed by atoms with Gasteiger partial charge in [0.15, 0.2) is 0 Å². The molecular formula is C20H20N2O4. The number of aromatic carboxylic acids is 1. The van der Waals surface area contributed by atoms with Crippen molar-refractivity contribution in [3.05, 3.63) is 72.1 Å². The van der Waals surface area contributed by atoms with Gasteiger partial charge in [-0.05, 0) is 48.5 Å². The van der Waals surface area contributed by atoms with Gasteiger partial charge in [-0.1, -0.05) is 7.43 Å². The lowest BCUT2D eigenvalue weighted by Gasteiger charge is -1.98. The van der Waals surface area contributed by atoms with Crippen molar-refractivity contribution in [2.75, 3.05) is 7.11 Å². The maximum Gasteiger partial charge on any atom is 0.337 e. The highest BCUT2D eigenvalue weighted by molar-refractivity contribution is 5.94. The number of hydrogen-bond donors (Lipinski definition) is 3. The first kappa shape index (κ1) is 18.8. The molecule has 0 unspecified atom stereocenters. The largest absolute Gasteiger partial charge is 0.478 e. The molecule has 0 bridgehead atoms. The average molecular weight is 352 g/mol. The second-order valence-corrected chi connectivity index (χ2v) is 5.36. The topological polar surface area (TPSA) is 95.2 Å². The molecule has 2 aromatic heterocycles. The van der Waals surface area contributed by atoms with Gasteiger partial charge < -0.3 is 19.8 Å². The van der Waals surface area contributed by atoms with Crippen LogP contribution in [0.1, 0.15) is 28.1 Å². The molecule has 0 fully saturated rings. The summed E-state index contributed by atoms with van der Waals surface area (Å²) < 4.78 is 4.61. The lowest BCUT2D eigenvalue weighted by Crippen LogP contribution is -2.00. The normalized spacial score (nSPS) is 9.88. The molecule has 0 saturated heterocycles. The quantitative estimate of drug-likeness (QED) is 0.464. The lowest BCUT2D eigenvalue weighted by atomic mass is 10.1. The maximum absolute atomic E-state index is 11.1. The van der Waals surface area contributed by atoms with Crippen LogP contribution in [0.3, 0.4) is 0 Å². The number of hydrogen-bond acceptors (Lipinski definition) is 3. The molecule has 0 spiro atoms. The minimum Gasteiger partial charge on any atom is -0.478 e. The van der Waals surface area contributed by atoms with Gasteiger partial charge in [-0.25, -0.2) is 9.59 Å². The highest BCUT2D eigenvalue weighted by Gasteiger charge is 2.05. The van der Waals surface area contributed by atoms with Crippen LogP contribution in [0.5, 0.6) is 0 Å². The molecule has 4 rings (SSSR count). The Morgan fingerprint density at radius 3 is 1.85 bits per heavy atom. The molecule has 0 aliphatic carbocycles. The second-order valence-electron chi connectivity index (χ2n) is 5.36. The van der Waals surface area contributed by atoms with Crippen LogP contribution in [-0.2, 0) is 4.74 Å². The molecule has 0 aliphatic rings. The molecule has 0 saturated carbocycles. The molecular weight excluding hydrogens is 332 g/mol. The van der Waals surface area contributed by atoms with Crippen molar-refractivity contribution in [3.63, 3.8) is 0 Å². The molecule has 6 heteroatoms. The number of benzene rings is 2. The molecule has 6 nitrogen and oxygen atoms in total. The second kappa shape index (κ2) is 8.02. The Morgan fingerprint density at radius 1 is 0.846 bits per heavy atom. The fourth-order valence-electron chi connectivity index (χ4n) is 2.48. The van der Waals surface area contributed by atoms with E-state index in [4.69, 9.17) is 5.11 Å². The van der Waals surface area contributed by atoms with E-state index < -0.39 is 5.97 Å². The van der Waals surface area contributed by atoms with E-state index >= 15 is 0 Å². The molecule has 0 amide bonds. The summed E-state index contributed by atoms with van der Waals surface area (Å²) in [5, 5.41) is 10.6.